The molecule has 2 aromatic carbocycles. The quantitative estimate of drug-likeness (QED) is 0.795. The largest absolute Gasteiger partial charge is 0.325 e. The minimum atomic E-state index is -1.13. The van der Waals surface area contributed by atoms with Gasteiger partial charge < -0.3 is 10.6 Å². The number of hydrogen-bond acceptors (Lipinski definition) is 3. The van der Waals surface area contributed by atoms with E-state index in [0.717, 1.165) is 16.0 Å². The molecule has 6 nitrogen and oxygen atoms in total. The lowest BCUT2D eigenvalue weighted by Crippen LogP contribution is -2.43. The number of nitrogens with zero attached hydrogens (tertiary/aromatic N) is 1. The van der Waals surface area contributed by atoms with Crippen LogP contribution in [-0.4, -0.2) is 29.3 Å². The number of carbonyl (C=O) groups is 3. The van der Waals surface area contributed by atoms with Gasteiger partial charge in [0.25, 0.3) is 5.91 Å². The van der Waals surface area contributed by atoms with E-state index in [1.54, 1.807) is 0 Å². The van der Waals surface area contributed by atoms with Crippen LogP contribution in [0.25, 0.3) is 0 Å². The fourth-order valence-corrected chi connectivity index (χ4v) is 3.84. The monoisotopic (exact) mass is 387 g/mol. The molecule has 2 aromatic rings. The lowest BCUT2D eigenvalue weighted by molar-refractivity contribution is -0.134. The van der Waals surface area contributed by atoms with Gasteiger partial charge in [0, 0.05) is 0 Å². The molecular weight excluding hydrogens is 373 g/mol. The molecular formula is C19H15ClFN3O3. The van der Waals surface area contributed by atoms with E-state index in [-0.39, 0.29) is 10.7 Å². The molecule has 8 heteroatoms. The molecule has 1 aliphatic heterocycles. The normalized spacial score (nSPS) is 20.7. The summed E-state index contributed by atoms with van der Waals surface area (Å²) in [5.41, 5.74) is 0.515. The Balaban J connectivity index is 1.54. The van der Waals surface area contributed by atoms with E-state index in [2.05, 4.69) is 10.6 Å². The summed E-state index contributed by atoms with van der Waals surface area (Å²) < 4.78 is 13.9. The molecule has 0 radical (unpaired) electrons. The van der Waals surface area contributed by atoms with Gasteiger partial charge in [-0.05, 0) is 36.1 Å². The van der Waals surface area contributed by atoms with Crippen molar-refractivity contribution in [2.24, 2.45) is 0 Å². The number of halogens is 2. The number of anilines is 1. The Morgan fingerprint density at radius 2 is 2.00 bits per heavy atom. The molecule has 2 N–H and O–H groups in total. The minimum Gasteiger partial charge on any atom is -0.322 e. The number of rotatable bonds is 3. The van der Waals surface area contributed by atoms with Crippen LogP contribution in [0.3, 0.4) is 0 Å². The van der Waals surface area contributed by atoms with Crippen molar-refractivity contribution in [3.8, 4) is 0 Å². The van der Waals surface area contributed by atoms with E-state index in [9.17, 15) is 18.8 Å². The molecule has 1 unspecified atom stereocenters. The van der Waals surface area contributed by atoms with E-state index in [1.165, 1.54) is 18.2 Å². The Hall–Kier alpha value is -2.93. The molecule has 0 saturated carbocycles. The topological polar surface area (TPSA) is 78.5 Å². The number of fused-ring (bicyclic) bond motifs is 2. The summed E-state index contributed by atoms with van der Waals surface area (Å²) >= 11 is 5.69. The Morgan fingerprint density at radius 1 is 1.22 bits per heavy atom. The van der Waals surface area contributed by atoms with Crippen molar-refractivity contribution in [2.75, 3.05) is 11.9 Å². The van der Waals surface area contributed by atoms with Gasteiger partial charge in [-0.3, -0.25) is 14.5 Å². The smallest absolute Gasteiger partial charge is 0.322 e. The first-order valence-corrected chi connectivity index (χ1v) is 8.76. The van der Waals surface area contributed by atoms with Crippen molar-refractivity contribution in [2.45, 2.75) is 18.4 Å². The van der Waals surface area contributed by atoms with Crippen LogP contribution in [0.15, 0.2) is 42.5 Å². The van der Waals surface area contributed by atoms with E-state index in [1.807, 2.05) is 24.3 Å². The highest BCUT2D eigenvalue weighted by Gasteiger charge is 2.55. The molecule has 0 bridgehead atoms. The van der Waals surface area contributed by atoms with Gasteiger partial charge in [-0.2, -0.15) is 0 Å². The summed E-state index contributed by atoms with van der Waals surface area (Å²) in [4.78, 5) is 38.5. The van der Waals surface area contributed by atoms with Gasteiger partial charge in [-0.1, -0.05) is 41.9 Å². The number of urea groups is 1. The van der Waals surface area contributed by atoms with E-state index >= 15 is 0 Å². The average Bonchev–Trinajstić information content (AvgIpc) is 3.13. The predicted octanol–water partition coefficient (Wildman–Crippen LogP) is 2.81. The number of nitrogens with one attached hydrogen (secondary N) is 2. The summed E-state index contributed by atoms with van der Waals surface area (Å²) in [5, 5.41) is 4.95. The second-order valence-corrected chi connectivity index (χ2v) is 6.94. The maximum atomic E-state index is 13.9. The van der Waals surface area contributed by atoms with Crippen LogP contribution < -0.4 is 10.6 Å². The second-order valence-electron chi connectivity index (χ2n) is 6.53. The molecule has 0 aromatic heterocycles. The zero-order valence-electron chi connectivity index (χ0n) is 14.1. The lowest BCUT2D eigenvalue weighted by atomic mass is 9.92. The standard InChI is InChI=1S/C19H15ClFN3O3/c20-13-6-3-7-14(16(13)21)22-15(25)10-24-17(26)19(23-18(24)27)9-8-11-4-1-2-5-12(11)19/h1-7H,8-10H2,(H,22,25)(H,23,27). The van der Waals surface area contributed by atoms with Gasteiger partial charge >= 0.3 is 6.03 Å². The fourth-order valence-electron chi connectivity index (χ4n) is 3.67. The maximum Gasteiger partial charge on any atom is 0.325 e. The number of amides is 4. The third-order valence-corrected chi connectivity index (χ3v) is 5.24. The van der Waals surface area contributed by atoms with Gasteiger partial charge in [-0.15, -0.1) is 0 Å². The molecule has 1 fully saturated rings. The zero-order chi connectivity index (χ0) is 19.2. The average molecular weight is 388 g/mol. The third-order valence-electron chi connectivity index (χ3n) is 4.95. The second kappa shape index (κ2) is 6.35. The molecule has 138 valence electrons. The van der Waals surface area contributed by atoms with Crippen molar-refractivity contribution in [1.29, 1.82) is 0 Å². The number of carbonyl (C=O) groups excluding carboxylic acids is 3. The summed E-state index contributed by atoms with van der Waals surface area (Å²) in [6.45, 7) is -0.513. The van der Waals surface area contributed by atoms with Crippen LogP contribution in [0.1, 0.15) is 17.5 Å². The summed E-state index contributed by atoms with van der Waals surface area (Å²) in [6.07, 6.45) is 1.11. The van der Waals surface area contributed by atoms with Crippen molar-refractivity contribution >= 4 is 35.1 Å². The first-order chi connectivity index (χ1) is 12.9. The highest BCUT2D eigenvalue weighted by Crippen LogP contribution is 2.41. The first-order valence-electron chi connectivity index (χ1n) is 8.39. The highest BCUT2D eigenvalue weighted by molar-refractivity contribution is 6.31. The lowest BCUT2D eigenvalue weighted by Gasteiger charge is -2.22. The maximum absolute atomic E-state index is 13.9. The minimum absolute atomic E-state index is 0.111. The van der Waals surface area contributed by atoms with Crippen molar-refractivity contribution in [1.82, 2.24) is 10.2 Å². The molecule has 27 heavy (non-hydrogen) atoms. The fraction of sp³-hybridized carbons (Fsp3) is 0.211. The Labute approximate surface area is 159 Å². The van der Waals surface area contributed by atoms with Gasteiger partial charge in [-0.25, -0.2) is 9.18 Å². The summed E-state index contributed by atoms with van der Waals surface area (Å²) in [7, 11) is 0. The van der Waals surface area contributed by atoms with Crippen LogP contribution in [0.5, 0.6) is 0 Å². The number of benzene rings is 2. The number of aryl methyl sites for hydroxylation is 1. The molecule has 1 atom stereocenters. The van der Waals surface area contributed by atoms with Crippen LogP contribution in [0.2, 0.25) is 5.02 Å². The van der Waals surface area contributed by atoms with Crippen molar-refractivity contribution in [3.05, 3.63) is 64.4 Å². The molecule has 1 heterocycles. The van der Waals surface area contributed by atoms with Crippen LogP contribution in [0.4, 0.5) is 14.9 Å². The molecule has 1 spiro atoms. The Morgan fingerprint density at radius 3 is 2.81 bits per heavy atom. The molecule has 4 rings (SSSR count). The molecule has 1 saturated heterocycles. The predicted molar refractivity (Wildman–Crippen MR) is 96.7 cm³/mol. The van der Waals surface area contributed by atoms with Crippen LogP contribution >= 0.6 is 11.6 Å². The number of imide groups is 1. The van der Waals surface area contributed by atoms with Crippen LogP contribution in [-0.2, 0) is 21.5 Å². The van der Waals surface area contributed by atoms with Crippen molar-refractivity contribution < 1.29 is 18.8 Å². The van der Waals surface area contributed by atoms with E-state index in [4.69, 9.17) is 11.6 Å². The van der Waals surface area contributed by atoms with Crippen LogP contribution in [0, 0.1) is 5.82 Å². The van der Waals surface area contributed by atoms with Crippen molar-refractivity contribution in [3.63, 3.8) is 0 Å². The van der Waals surface area contributed by atoms with Gasteiger partial charge in [0.15, 0.2) is 5.82 Å². The zero-order valence-corrected chi connectivity index (χ0v) is 14.8. The van der Waals surface area contributed by atoms with E-state index in [0.29, 0.717) is 12.8 Å². The SMILES string of the molecule is O=C(CN1C(=O)NC2(CCc3ccccc32)C1=O)Nc1cccc(Cl)c1F. The van der Waals surface area contributed by atoms with Gasteiger partial charge in [0.05, 0.1) is 10.7 Å². The summed E-state index contributed by atoms with van der Waals surface area (Å²) in [6, 6.07) is 11.0. The highest BCUT2D eigenvalue weighted by atomic mass is 35.5. The first kappa shape index (κ1) is 17.5. The molecule has 4 amide bonds. The third kappa shape index (κ3) is 2.75. The Kier molecular flexibility index (Phi) is 4.11. The van der Waals surface area contributed by atoms with Gasteiger partial charge in [0.1, 0.15) is 12.1 Å². The summed E-state index contributed by atoms with van der Waals surface area (Å²) in [5.74, 6) is -1.94. The van der Waals surface area contributed by atoms with Gasteiger partial charge in [0.2, 0.25) is 5.91 Å². The molecule has 1 aliphatic carbocycles. The number of hydrogen-bond donors (Lipinski definition) is 2. The van der Waals surface area contributed by atoms with E-state index < -0.39 is 35.7 Å². The Bertz CT molecular complexity index is 980. The molecule has 2 aliphatic rings.